The molecule has 0 radical (unpaired) electrons. The van der Waals surface area contributed by atoms with Crippen LogP contribution in [-0.4, -0.2) is 191 Å². The molecule has 1 aliphatic carbocycles. The highest BCUT2D eigenvalue weighted by Crippen LogP contribution is 2.61. The maximum atomic E-state index is 13.8. The van der Waals surface area contributed by atoms with Gasteiger partial charge in [-0.15, -0.1) is 11.8 Å². The molecule has 0 saturated carbocycles. The van der Waals surface area contributed by atoms with E-state index in [2.05, 4.69) is 34.4 Å². The summed E-state index contributed by atoms with van der Waals surface area (Å²) in [6.07, 6.45) is -7.33. The number of imidazole rings is 1. The minimum absolute atomic E-state index is 0.00777. The number of carboxylic acid groups (broad SMARTS) is 1. The molecule has 8 atom stereocenters. The Morgan fingerprint density at radius 1 is 0.933 bits per heavy atom. The highest BCUT2D eigenvalue weighted by Gasteiger charge is 2.50. The maximum absolute atomic E-state index is 13.8. The molecule has 8 rings (SSSR count). The Morgan fingerprint density at radius 3 is 2.36 bits per heavy atom. The highest BCUT2D eigenvalue weighted by molar-refractivity contribution is 8.00. The Bertz CT molecular complexity index is 3910. The van der Waals surface area contributed by atoms with Crippen LogP contribution in [0.2, 0.25) is 0 Å². The van der Waals surface area contributed by atoms with E-state index in [1.165, 1.54) is 26.0 Å². The van der Waals surface area contributed by atoms with Crippen LogP contribution in [0.15, 0.2) is 71.7 Å². The lowest BCUT2D eigenvalue weighted by Gasteiger charge is -2.30. The number of phosphoric ester groups is 3. The number of hydrogen-bond acceptors (Lipinski definition) is 23. The highest BCUT2D eigenvalue weighted by atomic mass is 32.2. The normalized spacial score (nSPS) is 19.8. The molecule has 2 aromatic carbocycles. The first-order valence-corrected chi connectivity index (χ1v) is 32.8. The zero-order valence-corrected chi connectivity index (χ0v) is 52.1. The first kappa shape index (κ1) is 68.0. The van der Waals surface area contributed by atoms with Gasteiger partial charge in [0.1, 0.15) is 61.7 Å². The summed E-state index contributed by atoms with van der Waals surface area (Å²) < 4.78 is 71.1. The average molecular weight is 1320 g/mol. The Morgan fingerprint density at radius 2 is 1.66 bits per heavy atom. The molecule has 89 heavy (non-hydrogen) atoms. The van der Waals surface area contributed by atoms with Gasteiger partial charge in [0.2, 0.25) is 29.0 Å². The van der Waals surface area contributed by atoms with Crippen LogP contribution in [-0.2, 0) is 55.5 Å². The molecule has 480 valence electrons. The van der Waals surface area contributed by atoms with Crippen molar-refractivity contribution >= 4 is 104 Å². The number of rotatable bonds is 28. The summed E-state index contributed by atoms with van der Waals surface area (Å²) in [6.45, 7) is 0.0519. The molecule has 4 aromatic rings. The lowest BCUT2D eigenvalue weighted by atomic mass is 9.87. The van der Waals surface area contributed by atoms with Gasteiger partial charge >= 0.3 is 29.4 Å². The van der Waals surface area contributed by atoms with Crippen LogP contribution in [0.3, 0.4) is 0 Å². The smallest absolute Gasteiger partial charge is 0.478 e. The number of carbonyl (C=O) groups excluding carboxylic acids is 5. The van der Waals surface area contributed by atoms with Crippen molar-refractivity contribution in [2.24, 2.45) is 5.41 Å². The third-order valence-electron chi connectivity index (χ3n) is 14.4. The standard InChI is InChI=1S/C53H65N10O22P3S/c1-53(2,25-81-88(78,79)85-87(76,77)80-24-38-45(84-86(73,74)75)44(67)51(83-38)63-27-59-43-47(54)57-26-58-48(43)63)46(68)49(69)56-16-15-40(65)55-17-19-89-39-23-41(66)62(50(39)70)18-7-8-35(64)28-9-12-31(52(71)72)34(20-28)42-32-13-10-29(60(3)4)21-36(32)82-37-22-30(61(5)6)11-14-33(37)42/h9-14,20-22,26-27,38-39,44-46,51,67-68H,7-8,15-19,23-25H2,1-6H3,(H8-,54,55,56,57,58,65,69,71,72,73,74,75,76,77,78,79)/p+1. The molecule has 5 heterocycles. The van der Waals surface area contributed by atoms with Gasteiger partial charge in [0.05, 0.1) is 36.4 Å². The number of nitrogens with two attached hydrogens (primary N) is 1. The Balaban J connectivity index is 0.755. The summed E-state index contributed by atoms with van der Waals surface area (Å²) in [7, 11) is -9.05. The van der Waals surface area contributed by atoms with Crippen LogP contribution in [0, 0.1) is 5.41 Å². The number of aromatic carboxylic acids is 1. The number of amides is 4. The number of carboxylic acids is 1. The van der Waals surface area contributed by atoms with Crippen molar-refractivity contribution in [3.05, 3.63) is 83.7 Å². The van der Waals surface area contributed by atoms with Crippen LogP contribution in [0.25, 0.3) is 44.6 Å². The van der Waals surface area contributed by atoms with E-state index in [-0.39, 0.29) is 85.0 Å². The van der Waals surface area contributed by atoms with Gasteiger partial charge in [-0.3, -0.25) is 47.0 Å². The van der Waals surface area contributed by atoms with E-state index in [4.69, 9.17) is 23.9 Å². The first-order valence-electron chi connectivity index (χ1n) is 27.2. The molecule has 0 spiro atoms. The zero-order valence-electron chi connectivity index (χ0n) is 48.6. The van der Waals surface area contributed by atoms with Gasteiger partial charge < -0.3 is 65.3 Å². The van der Waals surface area contributed by atoms with Crippen molar-refractivity contribution in [1.82, 2.24) is 39.6 Å². The van der Waals surface area contributed by atoms with Crippen molar-refractivity contribution in [3.8, 4) is 22.5 Å². The molecule has 4 amide bonds. The summed E-state index contributed by atoms with van der Waals surface area (Å²) in [6, 6.07) is 15.6. The number of nitrogens with zero attached hydrogens (tertiary/aromatic N) is 7. The predicted octanol–water partition coefficient (Wildman–Crippen LogP) is 2.24. The number of likely N-dealkylation sites (tertiary alicyclic amines) is 1. The molecule has 2 aromatic heterocycles. The molecular formula is C53H66N10O22P3S+. The van der Waals surface area contributed by atoms with Gasteiger partial charge in [-0.25, -0.2) is 38.0 Å². The van der Waals surface area contributed by atoms with Crippen molar-refractivity contribution in [3.63, 3.8) is 0 Å². The molecule has 8 unspecified atom stereocenters. The number of fused-ring (bicyclic) bond motifs is 3. The van der Waals surface area contributed by atoms with E-state index in [0.717, 1.165) is 44.9 Å². The fourth-order valence-electron chi connectivity index (χ4n) is 9.72. The molecule has 11 N–H and O–H groups in total. The number of phosphoric acid groups is 3. The molecule has 2 fully saturated rings. The molecule has 4 aliphatic rings. The number of imide groups is 1. The third kappa shape index (κ3) is 16.4. The monoisotopic (exact) mass is 1320 g/mol. The predicted molar refractivity (Wildman–Crippen MR) is 317 cm³/mol. The molecule has 0 bridgehead atoms. The van der Waals surface area contributed by atoms with Gasteiger partial charge in [0.15, 0.2) is 23.5 Å². The van der Waals surface area contributed by atoms with Crippen LogP contribution >= 0.6 is 35.2 Å². The minimum Gasteiger partial charge on any atom is -0.478 e. The van der Waals surface area contributed by atoms with Gasteiger partial charge in [0, 0.05) is 104 Å². The average Bonchev–Trinajstić information content (AvgIpc) is 1.89. The molecule has 36 heteroatoms. The quantitative estimate of drug-likeness (QED) is 0.00841. The molecule has 32 nitrogen and oxygen atoms in total. The number of thioether (sulfide) groups is 1. The number of aromatic nitrogens is 4. The van der Waals surface area contributed by atoms with E-state index >= 15 is 0 Å². The number of benzene rings is 3. The van der Waals surface area contributed by atoms with Gasteiger partial charge in [0.25, 0.3) is 0 Å². The van der Waals surface area contributed by atoms with E-state index in [1.54, 1.807) is 6.07 Å². The number of ether oxygens (including phenoxy) is 1. The second kappa shape index (κ2) is 27.7. The number of aliphatic hydroxyl groups excluding tert-OH is 2. The first-order chi connectivity index (χ1) is 41.7. The largest absolute Gasteiger partial charge is 0.481 e. The van der Waals surface area contributed by atoms with E-state index in [0.29, 0.717) is 33.4 Å². The van der Waals surface area contributed by atoms with Crippen molar-refractivity contribution < 1.29 is 104 Å². The summed E-state index contributed by atoms with van der Waals surface area (Å²) in [4.78, 5) is 133. The Hall–Kier alpha value is -6.90. The number of aliphatic hydroxyl groups is 2. The lowest BCUT2D eigenvalue weighted by Crippen LogP contribution is -2.46. The third-order valence-corrected chi connectivity index (χ3v) is 18.7. The summed E-state index contributed by atoms with van der Waals surface area (Å²) in [5.41, 5.74) is 7.23. The molecule has 2 saturated heterocycles. The van der Waals surface area contributed by atoms with Crippen molar-refractivity contribution in [1.29, 1.82) is 0 Å². The van der Waals surface area contributed by atoms with Crippen LogP contribution in [0.5, 0.6) is 0 Å². The van der Waals surface area contributed by atoms with Crippen molar-refractivity contribution in [2.75, 3.05) is 77.4 Å². The van der Waals surface area contributed by atoms with Crippen LogP contribution in [0.4, 0.5) is 11.5 Å². The summed E-state index contributed by atoms with van der Waals surface area (Å²) in [5.74, 6) is -3.35. The number of Topliss-reactive ketones (excluding diaryl/α,β-unsaturated/α-hetero) is 1. The fraction of sp³-hybridized carbons (Fsp3) is 0.434. The second-order valence-corrected chi connectivity index (χ2v) is 27.3. The van der Waals surface area contributed by atoms with Gasteiger partial charge in [-0.2, -0.15) is 4.31 Å². The van der Waals surface area contributed by atoms with Crippen molar-refractivity contribution in [2.45, 2.75) is 75.4 Å². The Labute approximate surface area is 510 Å². The number of carbonyl (C=O) groups is 6. The van der Waals surface area contributed by atoms with E-state index in [1.807, 2.05) is 74.1 Å². The van der Waals surface area contributed by atoms with Gasteiger partial charge in [-0.1, -0.05) is 19.9 Å². The lowest BCUT2D eigenvalue weighted by molar-refractivity contribution is -0.138. The molecule has 3 aliphatic heterocycles. The van der Waals surface area contributed by atoms with E-state index in [9.17, 15) is 77.4 Å². The number of ketones is 1. The van der Waals surface area contributed by atoms with Gasteiger partial charge in [-0.05, 0) is 42.3 Å². The summed E-state index contributed by atoms with van der Waals surface area (Å²) >= 11 is 1.14. The van der Waals surface area contributed by atoms with Crippen LogP contribution in [0.1, 0.15) is 66.5 Å². The number of nitrogens with one attached hydrogen (secondary N) is 2. The molecular weight excluding hydrogens is 1250 g/mol. The topological polar surface area (TPSA) is 458 Å². The Kier molecular flexibility index (Phi) is 21.2. The second-order valence-electron chi connectivity index (χ2n) is 21.7. The number of nitrogen functional groups attached to an aromatic ring is 1. The maximum Gasteiger partial charge on any atom is 0.481 e. The number of anilines is 2. The summed E-state index contributed by atoms with van der Waals surface area (Å²) in [5, 5.41) is 37.9. The minimum atomic E-state index is -5.64. The number of hydrogen-bond donors (Lipinski definition) is 10. The zero-order chi connectivity index (χ0) is 65.1. The fourth-order valence-corrected chi connectivity index (χ4v) is 13.6. The SMILES string of the molecule is CN(C)c1ccc2c(-c3cc(C(=O)CCCN4C(=O)CC(SCCNC(=O)CCNC(=O)C(O)C(C)(C)COP(=O)(O)OP(=O)(O)OCC5OC(n6cnc7c(N)ncnc76)C(O)C5OP(=O)(O)O)C4=O)ccc3C(=O)O)c3ccc(=[N+](C)C)cc-3oc2c1. The van der Waals surface area contributed by atoms with E-state index < -0.39 is 108 Å². The van der Waals surface area contributed by atoms with Crippen LogP contribution < -0.4 is 31.2 Å².